The van der Waals surface area contributed by atoms with Gasteiger partial charge in [0.05, 0.1) is 0 Å². The second-order valence-electron chi connectivity index (χ2n) is 5.14. The first-order valence-corrected chi connectivity index (χ1v) is 6.50. The maximum absolute atomic E-state index is 10.8. The van der Waals surface area contributed by atoms with Crippen LogP contribution in [0.2, 0.25) is 0 Å². The van der Waals surface area contributed by atoms with Crippen molar-refractivity contribution in [2.45, 2.75) is 39.8 Å². The second-order valence-corrected chi connectivity index (χ2v) is 5.14. The summed E-state index contributed by atoms with van der Waals surface area (Å²) in [7, 11) is 1.74. The van der Waals surface area contributed by atoms with E-state index in [0.29, 0.717) is 24.4 Å². The number of anilines is 1. The maximum atomic E-state index is 10.8. The number of aryl methyl sites for hydroxylation is 1. The molecule has 0 amide bonds. The summed E-state index contributed by atoms with van der Waals surface area (Å²) in [6.45, 7) is 10.1. The minimum absolute atomic E-state index is 0.122. The topological polar surface area (TPSA) is 76.2 Å². The lowest BCUT2D eigenvalue weighted by atomic mass is 10.2. The molecule has 0 aliphatic heterocycles. The van der Waals surface area contributed by atoms with E-state index in [9.17, 15) is 10.1 Å². The minimum atomic E-state index is -0.467. The van der Waals surface area contributed by atoms with Crippen LogP contribution in [0.25, 0.3) is 0 Å². The zero-order valence-electron chi connectivity index (χ0n) is 12.3. The first-order chi connectivity index (χ1) is 8.84. The van der Waals surface area contributed by atoms with Gasteiger partial charge in [-0.25, -0.2) is 0 Å². The number of nitrogens with one attached hydrogen (secondary N) is 1. The van der Waals surface area contributed by atoms with Gasteiger partial charge in [0, 0.05) is 32.2 Å². The van der Waals surface area contributed by atoms with Crippen LogP contribution >= 0.6 is 0 Å². The normalized spacial score (nSPS) is 11.6. The van der Waals surface area contributed by atoms with Gasteiger partial charge in [-0.15, -0.1) is 0 Å². The van der Waals surface area contributed by atoms with Gasteiger partial charge < -0.3 is 15.4 Å². The molecule has 0 saturated carbocycles. The SMILES string of the molecule is CC(C)N(CCNc1c([N+](=O)[O-])ncn1C)C(C)C. The number of aromatic nitrogens is 2. The Morgan fingerprint density at radius 2 is 2.00 bits per heavy atom. The molecule has 0 spiro atoms. The van der Waals surface area contributed by atoms with E-state index >= 15 is 0 Å². The van der Waals surface area contributed by atoms with E-state index in [1.54, 1.807) is 11.6 Å². The van der Waals surface area contributed by atoms with E-state index in [1.807, 2.05) is 0 Å². The number of rotatable bonds is 7. The molecule has 1 aromatic rings. The molecular formula is C12H23N5O2. The summed E-state index contributed by atoms with van der Waals surface area (Å²) in [5.41, 5.74) is 0. The third kappa shape index (κ3) is 3.92. The van der Waals surface area contributed by atoms with Crippen molar-refractivity contribution >= 4 is 11.6 Å². The summed E-state index contributed by atoms with van der Waals surface area (Å²) >= 11 is 0. The van der Waals surface area contributed by atoms with Gasteiger partial charge >= 0.3 is 5.82 Å². The lowest BCUT2D eigenvalue weighted by Gasteiger charge is -2.30. The molecule has 0 unspecified atom stereocenters. The first kappa shape index (κ1) is 15.4. The molecule has 0 saturated heterocycles. The molecule has 0 aliphatic carbocycles. The van der Waals surface area contributed by atoms with Crippen LogP contribution in [-0.2, 0) is 7.05 Å². The van der Waals surface area contributed by atoms with Crippen molar-refractivity contribution < 1.29 is 4.92 Å². The molecule has 108 valence electrons. The number of nitrogens with zero attached hydrogens (tertiary/aromatic N) is 4. The molecule has 0 fully saturated rings. The van der Waals surface area contributed by atoms with Gasteiger partial charge in [0.2, 0.25) is 12.1 Å². The van der Waals surface area contributed by atoms with Crippen LogP contribution in [0, 0.1) is 10.1 Å². The van der Waals surface area contributed by atoms with Crippen molar-refractivity contribution in [1.29, 1.82) is 0 Å². The van der Waals surface area contributed by atoms with Crippen LogP contribution in [0.5, 0.6) is 0 Å². The highest BCUT2D eigenvalue weighted by Crippen LogP contribution is 2.20. The van der Waals surface area contributed by atoms with E-state index < -0.39 is 4.92 Å². The molecule has 0 bridgehead atoms. The highest BCUT2D eigenvalue weighted by molar-refractivity contribution is 5.51. The van der Waals surface area contributed by atoms with Crippen molar-refractivity contribution in [2.75, 3.05) is 18.4 Å². The second kappa shape index (κ2) is 6.51. The monoisotopic (exact) mass is 269 g/mol. The van der Waals surface area contributed by atoms with Crippen LogP contribution in [0.15, 0.2) is 6.33 Å². The summed E-state index contributed by atoms with van der Waals surface area (Å²) in [4.78, 5) is 16.5. The largest absolute Gasteiger partial charge is 0.406 e. The van der Waals surface area contributed by atoms with Crippen LogP contribution in [0.4, 0.5) is 11.6 Å². The Balaban J connectivity index is 2.62. The zero-order chi connectivity index (χ0) is 14.6. The lowest BCUT2D eigenvalue weighted by molar-refractivity contribution is -0.388. The molecule has 0 aliphatic rings. The number of hydrogen-bond donors (Lipinski definition) is 1. The predicted molar refractivity (Wildman–Crippen MR) is 75.3 cm³/mol. The van der Waals surface area contributed by atoms with E-state index in [-0.39, 0.29) is 5.82 Å². The third-order valence-electron chi connectivity index (χ3n) is 3.08. The molecular weight excluding hydrogens is 246 g/mol. The van der Waals surface area contributed by atoms with Crippen LogP contribution in [-0.4, -0.2) is 44.5 Å². The fraction of sp³-hybridized carbons (Fsp3) is 0.750. The van der Waals surface area contributed by atoms with Gasteiger partial charge in [-0.05, 0) is 37.6 Å². The molecule has 0 aromatic carbocycles. The third-order valence-corrected chi connectivity index (χ3v) is 3.08. The average molecular weight is 269 g/mol. The Hall–Kier alpha value is -1.63. The van der Waals surface area contributed by atoms with E-state index in [0.717, 1.165) is 6.54 Å². The average Bonchev–Trinajstić information content (AvgIpc) is 2.65. The maximum Gasteiger partial charge on any atom is 0.406 e. The fourth-order valence-corrected chi connectivity index (χ4v) is 2.17. The zero-order valence-corrected chi connectivity index (χ0v) is 12.3. The molecule has 19 heavy (non-hydrogen) atoms. The quantitative estimate of drug-likeness (QED) is 0.604. The Kier molecular flexibility index (Phi) is 5.29. The minimum Gasteiger partial charge on any atom is -0.363 e. The summed E-state index contributed by atoms with van der Waals surface area (Å²) in [5.74, 6) is 0.334. The number of nitro groups is 1. The van der Waals surface area contributed by atoms with Gasteiger partial charge in [-0.3, -0.25) is 9.47 Å². The molecule has 1 heterocycles. The summed E-state index contributed by atoms with van der Waals surface area (Å²) in [5, 5.41) is 13.9. The molecule has 0 radical (unpaired) electrons. The smallest absolute Gasteiger partial charge is 0.363 e. The highest BCUT2D eigenvalue weighted by atomic mass is 16.6. The summed E-state index contributed by atoms with van der Waals surface area (Å²) in [6, 6.07) is 0.895. The number of imidazole rings is 1. The Morgan fingerprint density at radius 3 is 2.47 bits per heavy atom. The Labute approximate surface area is 113 Å². The van der Waals surface area contributed by atoms with Gasteiger partial charge in [0.15, 0.2) is 0 Å². The number of hydrogen-bond acceptors (Lipinski definition) is 5. The van der Waals surface area contributed by atoms with Crippen molar-refractivity contribution in [3.05, 3.63) is 16.4 Å². The Morgan fingerprint density at radius 1 is 1.42 bits per heavy atom. The standard InChI is InChI=1S/C12H23N5O2/c1-9(2)16(10(3)4)7-6-13-11-12(17(18)19)14-8-15(11)5/h8-10,13H,6-7H2,1-5H3. The summed E-state index contributed by atoms with van der Waals surface area (Å²) < 4.78 is 1.63. The van der Waals surface area contributed by atoms with E-state index in [1.165, 1.54) is 6.33 Å². The van der Waals surface area contributed by atoms with Gasteiger partial charge in [0.25, 0.3) is 0 Å². The molecule has 7 nitrogen and oxygen atoms in total. The van der Waals surface area contributed by atoms with Gasteiger partial charge in [-0.2, -0.15) is 0 Å². The van der Waals surface area contributed by atoms with Crippen LogP contribution < -0.4 is 5.32 Å². The van der Waals surface area contributed by atoms with Crippen LogP contribution in [0.3, 0.4) is 0 Å². The Bertz CT molecular complexity index is 420. The van der Waals surface area contributed by atoms with Crippen molar-refractivity contribution in [3.8, 4) is 0 Å². The van der Waals surface area contributed by atoms with E-state index in [2.05, 4.69) is 42.9 Å². The fourth-order valence-electron chi connectivity index (χ4n) is 2.17. The molecule has 7 heteroatoms. The first-order valence-electron chi connectivity index (χ1n) is 6.50. The highest BCUT2D eigenvalue weighted by Gasteiger charge is 2.20. The van der Waals surface area contributed by atoms with Crippen molar-refractivity contribution in [3.63, 3.8) is 0 Å². The van der Waals surface area contributed by atoms with Gasteiger partial charge in [0.1, 0.15) is 0 Å². The molecule has 1 N–H and O–H groups in total. The lowest BCUT2D eigenvalue weighted by Crippen LogP contribution is -2.40. The summed E-state index contributed by atoms with van der Waals surface area (Å²) in [6.07, 6.45) is 1.45. The van der Waals surface area contributed by atoms with Crippen molar-refractivity contribution in [1.82, 2.24) is 14.5 Å². The molecule has 0 atom stereocenters. The molecule has 1 aromatic heterocycles. The van der Waals surface area contributed by atoms with Crippen molar-refractivity contribution in [2.24, 2.45) is 7.05 Å². The van der Waals surface area contributed by atoms with E-state index in [4.69, 9.17) is 0 Å². The molecule has 1 rings (SSSR count). The predicted octanol–water partition coefficient (Wildman–Crippen LogP) is 1.86. The van der Waals surface area contributed by atoms with Gasteiger partial charge in [-0.1, -0.05) is 0 Å². The van der Waals surface area contributed by atoms with Crippen LogP contribution in [0.1, 0.15) is 27.7 Å².